The molecule has 0 saturated carbocycles. The predicted octanol–water partition coefficient (Wildman–Crippen LogP) is 2.43. The summed E-state index contributed by atoms with van der Waals surface area (Å²) in [5, 5.41) is 20.5. The van der Waals surface area contributed by atoms with E-state index in [0.29, 0.717) is 17.8 Å². The van der Waals surface area contributed by atoms with Crippen molar-refractivity contribution in [2.75, 3.05) is 26.4 Å². The van der Waals surface area contributed by atoms with E-state index in [1.165, 1.54) is 0 Å². The van der Waals surface area contributed by atoms with Gasteiger partial charge in [-0.15, -0.1) is 0 Å². The molecule has 5 nitrogen and oxygen atoms in total. The third-order valence-corrected chi connectivity index (χ3v) is 4.51. The van der Waals surface area contributed by atoms with Crippen LogP contribution in [0, 0.1) is 0 Å². The lowest BCUT2D eigenvalue weighted by Gasteiger charge is -2.29. The monoisotopic (exact) mass is 358 g/mol. The third kappa shape index (κ3) is 5.62. The summed E-state index contributed by atoms with van der Waals surface area (Å²) in [5.74, 6) is -2.23. The zero-order valence-corrected chi connectivity index (χ0v) is 15.0. The van der Waals surface area contributed by atoms with Crippen molar-refractivity contribution in [2.24, 2.45) is 0 Å². The van der Waals surface area contributed by atoms with Gasteiger partial charge in [-0.1, -0.05) is 67.6 Å². The Balaban J connectivity index is 0.000000181. The zero-order chi connectivity index (χ0) is 18.4. The predicted molar refractivity (Wildman–Crippen MR) is 97.7 cm³/mol. The van der Waals surface area contributed by atoms with Gasteiger partial charge < -0.3 is 24.4 Å². The lowest BCUT2D eigenvalue weighted by atomic mass is 9.87. The topological polar surface area (TPSA) is 74.8 Å². The van der Waals surface area contributed by atoms with Crippen molar-refractivity contribution in [1.29, 1.82) is 0 Å². The second kappa shape index (κ2) is 8.75. The van der Waals surface area contributed by atoms with Gasteiger partial charge in [0.2, 0.25) is 0 Å². The van der Waals surface area contributed by atoms with Crippen molar-refractivity contribution >= 4 is 0 Å². The summed E-state index contributed by atoms with van der Waals surface area (Å²) in [6.45, 7) is 5.07. The van der Waals surface area contributed by atoms with Gasteiger partial charge in [-0.05, 0) is 5.56 Å². The second-order valence-electron chi connectivity index (χ2n) is 6.67. The quantitative estimate of drug-likeness (QED) is 0.587. The van der Waals surface area contributed by atoms with Gasteiger partial charge in [0.25, 0.3) is 0 Å². The molecule has 0 aliphatic carbocycles. The van der Waals surface area contributed by atoms with Gasteiger partial charge >= 0.3 is 0 Å². The van der Waals surface area contributed by atoms with Crippen LogP contribution in [0.15, 0.2) is 60.7 Å². The number of hydrogen-bond acceptors (Lipinski definition) is 5. The SMILES string of the molecule is C(OCC1CO1)C1CO1.CC(c1ccccc1)C(O)(O)c1ccccc1. The normalized spacial score (nSPS) is 22.1. The van der Waals surface area contributed by atoms with E-state index in [2.05, 4.69) is 0 Å². The van der Waals surface area contributed by atoms with Gasteiger partial charge in [-0.3, -0.25) is 0 Å². The van der Waals surface area contributed by atoms with Crippen LogP contribution in [0.1, 0.15) is 24.0 Å². The summed E-state index contributed by atoms with van der Waals surface area (Å²) >= 11 is 0. The highest BCUT2D eigenvalue weighted by Crippen LogP contribution is 2.34. The van der Waals surface area contributed by atoms with Crippen LogP contribution in [0.4, 0.5) is 0 Å². The fourth-order valence-corrected chi connectivity index (χ4v) is 2.57. The van der Waals surface area contributed by atoms with Crippen LogP contribution in [0.5, 0.6) is 0 Å². The summed E-state index contributed by atoms with van der Waals surface area (Å²) < 4.78 is 15.1. The molecule has 2 aliphatic rings. The molecule has 0 spiro atoms. The molecule has 0 bridgehead atoms. The highest BCUT2D eigenvalue weighted by Gasteiger charge is 2.33. The fourth-order valence-electron chi connectivity index (χ4n) is 2.57. The highest BCUT2D eigenvalue weighted by atomic mass is 16.6. The standard InChI is InChI=1S/C15H16O2.C6H10O3/c1-12(13-8-4-2-5-9-13)15(16,17)14-10-6-3-7-11-14;1(5-3-8-5)7-2-6-4-9-6/h2-12,16-17H,1H3;5-6H,1-4H2. The Labute approximate surface area is 154 Å². The smallest absolute Gasteiger partial charge is 0.196 e. The molecule has 0 amide bonds. The zero-order valence-electron chi connectivity index (χ0n) is 15.0. The number of rotatable bonds is 7. The number of aliphatic hydroxyl groups is 2. The van der Waals surface area contributed by atoms with E-state index < -0.39 is 5.79 Å². The van der Waals surface area contributed by atoms with Crippen LogP contribution in [0.2, 0.25) is 0 Å². The first kappa shape index (κ1) is 19.0. The first-order valence-electron chi connectivity index (χ1n) is 8.93. The average Bonchev–Trinajstić information content (AvgIpc) is 3.59. The molecule has 0 radical (unpaired) electrons. The number of benzene rings is 2. The van der Waals surface area contributed by atoms with E-state index in [9.17, 15) is 10.2 Å². The maximum atomic E-state index is 10.3. The molecule has 2 N–H and O–H groups in total. The molecule has 2 aromatic rings. The Morgan fingerprint density at radius 3 is 1.85 bits per heavy atom. The van der Waals surface area contributed by atoms with Gasteiger partial charge in [-0.2, -0.15) is 0 Å². The Bertz CT molecular complexity index is 639. The van der Waals surface area contributed by atoms with Crippen LogP contribution in [-0.4, -0.2) is 48.8 Å². The van der Waals surface area contributed by atoms with Gasteiger partial charge in [0.05, 0.1) is 26.4 Å². The van der Waals surface area contributed by atoms with Crippen LogP contribution in [0.3, 0.4) is 0 Å². The first-order chi connectivity index (χ1) is 12.6. The van der Waals surface area contributed by atoms with E-state index in [4.69, 9.17) is 14.2 Å². The van der Waals surface area contributed by atoms with Gasteiger partial charge in [-0.25, -0.2) is 0 Å². The maximum absolute atomic E-state index is 10.3. The van der Waals surface area contributed by atoms with Crippen LogP contribution in [0.25, 0.3) is 0 Å². The molecule has 2 fully saturated rings. The van der Waals surface area contributed by atoms with Crippen molar-refractivity contribution in [1.82, 2.24) is 0 Å². The molecule has 5 heteroatoms. The number of hydrogen-bond donors (Lipinski definition) is 2. The minimum absolute atomic E-state index is 0.383. The molecular formula is C21H26O5. The molecule has 140 valence electrons. The summed E-state index contributed by atoms with van der Waals surface area (Å²) in [5.41, 5.74) is 1.41. The third-order valence-electron chi connectivity index (χ3n) is 4.51. The van der Waals surface area contributed by atoms with Gasteiger partial charge in [0.1, 0.15) is 12.2 Å². The van der Waals surface area contributed by atoms with E-state index in [1.807, 2.05) is 43.3 Å². The molecule has 0 aromatic heterocycles. The second-order valence-corrected chi connectivity index (χ2v) is 6.67. The van der Waals surface area contributed by atoms with Crippen molar-refractivity contribution < 1.29 is 24.4 Å². The number of ether oxygens (including phenoxy) is 3. The molecule has 3 unspecified atom stereocenters. The maximum Gasteiger partial charge on any atom is 0.196 e. The molecule has 26 heavy (non-hydrogen) atoms. The number of epoxide rings is 2. The highest BCUT2D eigenvalue weighted by molar-refractivity contribution is 5.28. The van der Waals surface area contributed by atoms with Crippen molar-refractivity contribution in [3.05, 3.63) is 71.8 Å². The Morgan fingerprint density at radius 1 is 0.923 bits per heavy atom. The van der Waals surface area contributed by atoms with Crippen LogP contribution < -0.4 is 0 Å². The lowest BCUT2D eigenvalue weighted by molar-refractivity contribution is -0.185. The van der Waals surface area contributed by atoms with Crippen molar-refractivity contribution in [3.63, 3.8) is 0 Å². The molecule has 3 atom stereocenters. The molecule has 2 aromatic carbocycles. The van der Waals surface area contributed by atoms with E-state index >= 15 is 0 Å². The Kier molecular flexibility index (Phi) is 6.40. The van der Waals surface area contributed by atoms with Crippen molar-refractivity contribution in [2.45, 2.75) is 30.8 Å². The van der Waals surface area contributed by atoms with Gasteiger partial charge in [0.15, 0.2) is 5.79 Å². The molecule has 2 saturated heterocycles. The van der Waals surface area contributed by atoms with E-state index in [-0.39, 0.29) is 5.92 Å². The van der Waals surface area contributed by atoms with E-state index in [1.54, 1.807) is 24.3 Å². The minimum Gasteiger partial charge on any atom is -0.376 e. The summed E-state index contributed by atoms with van der Waals surface area (Å²) in [7, 11) is 0. The van der Waals surface area contributed by atoms with Gasteiger partial charge in [0, 0.05) is 11.5 Å². The van der Waals surface area contributed by atoms with E-state index in [0.717, 1.165) is 32.0 Å². The summed E-state index contributed by atoms with van der Waals surface area (Å²) in [6.07, 6.45) is 0.785. The molecule has 2 heterocycles. The van der Waals surface area contributed by atoms with Crippen LogP contribution >= 0.6 is 0 Å². The molecular weight excluding hydrogens is 332 g/mol. The lowest BCUT2D eigenvalue weighted by Crippen LogP contribution is -2.31. The summed E-state index contributed by atoms with van der Waals surface area (Å²) in [6, 6.07) is 18.4. The van der Waals surface area contributed by atoms with Crippen LogP contribution in [-0.2, 0) is 20.0 Å². The Hall–Kier alpha value is -1.76. The first-order valence-corrected chi connectivity index (χ1v) is 8.93. The molecule has 2 aliphatic heterocycles. The largest absolute Gasteiger partial charge is 0.376 e. The molecule has 4 rings (SSSR count). The summed E-state index contributed by atoms with van der Waals surface area (Å²) in [4.78, 5) is 0. The van der Waals surface area contributed by atoms with Crippen molar-refractivity contribution in [3.8, 4) is 0 Å². The minimum atomic E-state index is -1.84. The Morgan fingerprint density at radius 2 is 1.38 bits per heavy atom. The fraction of sp³-hybridized carbons (Fsp3) is 0.429. The average molecular weight is 358 g/mol.